The standard InChI is InChI=1S/C14H12ClN5O2.C13H9ClN4O3.C13H15ClN4O3.C13H9ClN4O2S/c1-20-4-2-3-11(20)14(22)19-18-13(21)9-5-8-6-12(15)16-7-10(8)17-9;14-11-5-7-4-8(16-9(7)6-15-11)12(19)17-18-13(20)10-2-1-3-21-10;1-13(2,3)21-12(20)18-17-11(19)8-4-7-5-10(14)15-6-9(7)16-8;14-11-5-7-4-8(16-9(7)6-15-11)12(19)17-18-13(20)10-2-1-3-21-10/h2-7,17H,1H3,(H,18,21)(H,19,22);1-6,16H,(H,17,19)(H,18,20);4-6,16H,1-3H3,(H,17,19)(H,18,20);1-6,16H,(H,17,19)(H,18,20). The third-order valence-electron chi connectivity index (χ3n) is 11.1. The van der Waals surface area contributed by atoms with Gasteiger partial charge in [0.1, 0.15) is 54.7 Å². The number of H-pyrrole nitrogens is 4. The summed E-state index contributed by atoms with van der Waals surface area (Å²) >= 11 is 24.4. The number of hydrogen-bond donors (Lipinski definition) is 12. The van der Waals surface area contributed by atoms with E-state index in [1.807, 2.05) is 0 Å². The summed E-state index contributed by atoms with van der Waals surface area (Å²) in [4.78, 5) is 122. The molecule has 8 amide bonds. The van der Waals surface area contributed by atoms with Crippen molar-refractivity contribution in [3.05, 3.63) is 187 Å². The molecule has 0 aliphatic rings. The lowest BCUT2D eigenvalue weighted by Crippen LogP contribution is -2.44. The van der Waals surface area contributed by atoms with Crippen LogP contribution in [0, 0.1) is 0 Å². The fourth-order valence-corrected chi connectivity index (χ4v) is 8.51. The number of pyridine rings is 4. The van der Waals surface area contributed by atoms with Gasteiger partial charge in [-0.25, -0.2) is 30.2 Å². The Hall–Kier alpha value is -10.3. The number of carbonyl (C=O) groups is 8. The summed E-state index contributed by atoms with van der Waals surface area (Å²) in [6, 6.07) is 22.9. The number of rotatable bonds is 7. The van der Waals surface area contributed by atoms with Gasteiger partial charge in [0.15, 0.2) is 5.76 Å². The van der Waals surface area contributed by atoms with Crippen molar-refractivity contribution in [2.45, 2.75) is 26.4 Å². The van der Waals surface area contributed by atoms with Crippen molar-refractivity contribution in [2.24, 2.45) is 7.05 Å². The van der Waals surface area contributed by atoms with E-state index in [0.29, 0.717) is 64.6 Å². The van der Waals surface area contributed by atoms with E-state index in [2.05, 4.69) is 83.3 Å². The second-order valence-electron chi connectivity index (χ2n) is 18.4. The van der Waals surface area contributed by atoms with E-state index in [9.17, 15) is 38.4 Å². The monoisotopic (exact) mass is 1250 g/mol. The highest BCUT2D eigenvalue weighted by atomic mass is 35.5. The van der Waals surface area contributed by atoms with Gasteiger partial charge < -0.3 is 33.7 Å². The highest BCUT2D eigenvalue weighted by Crippen LogP contribution is 2.21. The Morgan fingerprint density at radius 1 is 0.494 bits per heavy atom. The molecule has 0 aliphatic heterocycles. The van der Waals surface area contributed by atoms with Gasteiger partial charge in [0, 0.05) is 34.8 Å². The van der Waals surface area contributed by atoms with Gasteiger partial charge in [0.05, 0.1) is 58.0 Å². The Kier molecular flexibility index (Phi) is 19.5. The summed E-state index contributed by atoms with van der Waals surface area (Å²) in [7, 11) is 1.74. The first kappa shape index (κ1) is 60.8. The Bertz CT molecular complexity index is 4120. The Balaban J connectivity index is 0.000000148. The van der Waals surface area contributed by atoms with Crippen LogP contribution in [0.1, 0.15) is 93.4 Å². The lowest BCUT2D eigenvalue weighted by molar-refractivity contribution is 0.0482. The zero-order chi connectivity index (χ0) is 61.0. The minimum absolute atomic E-state index is 0.0999. The molecule has 0 unspecified atom stereocenters. The summed E-state index contributed by atoms with van der Waals surface area (Å²) in [5.74, 6) is -3.13. The largest absolute Gasteiger partial charge is 0.459 e. The smallest absolute Gasteiger partial charge is 0.426 e. The highest BCUT2D eigenvalue weighted by Gasteiger charge is 2.19. The molecule has 11 heterocycles. The molecule has 11 aromatic heterocycles. The Morgan fingerprint density at radius 3 is 1.24 bits per heavy atom. The second-order valence-corrected chi connectivity index (χ2v) is 20.9. The van der Waals surface area contributed by atoms with Crippen molar-refractivity contribution in [1.82, 2.24) is 87.8 Å². The van der Waals surface area contributed by atoms with Crippen LogP contribution in [0.2, 0.25) is 20.6 Å². The van der Waals surface area contributed by atoms with E-state index >= 15 is 0 Å². The summed E-state index contributed by atoms with van der Waals surface area (Å²) in [6.45, 7) is 5.18. The fourth-order valence-electron chi connectivity index (χ4n) is 7.23. The van der Waals surface area contributed by atoms with E-state index in [0.717, 1.165) is 21.5 Å². The highest BCUT2D eigenvalue weighted by molar-refractivity contribution is 7.12. The molecule has 0 atom stereocenters. The molecule has 0 spiro atoms. The molecule has 0 aromatic carbocycles. The number of halogens is 4. The van der Waals surface area contributed by atoms with Crippen molar-refractivity contribution in [3.63, 3.8) is 0 Å². The minimum atomic E-state index is -0.739. The molecule has 27 nitrogen and oxygen atoms in total. The number of hydrazine groups is 4. The van der Waals surface area contributed by atoms with E-state index in [4.69, 9.17) is 55.6 Å². The fraction of sp³-hybridized carbons (Fsp3) is 0.0943. The average molecular weight is 1250 g/mol. The number of aryl methyl sites for hydroxylation is 1. The molecule has 0 radical (unpaired) electrons. The molecule has 0 saturated carbocycles. The minimum Gasteiger partial charge on any atom is -0.459 e. The summed E-state index contributed by atoms with van der Waals surface area (Å²) in [5, 5.41) is 6.17. The number of aromatic amines is 4. The number of nitrogens with zero attached hydrogens (tertiary/aromatic N) is 5. The van der Waals surface area contributed by atoms with Crippen LogP contribution in [0.5, 0.6) is 0 Å². The number of fused-ring (bicyclic) bond motifs is 4. The van der Waals surface area contributed by atoms with Crippen LogP contribution in [0.15, 0.2) is 132 Å². The maximum absolute atomic E-state index is 12.0. The molecule has 12 N–H and O–H groups in total. The summed E-state index contributed by atoms with van der Waals surface area (Å²) in [6.07, 6.45) is 8.49. The third kappa shape index (κ3) is 16.7. The summed E-state index contributed by atoms with van der Waals surface area (Å²) in [5.41, 5.74) is 22.0. The topological polar surface area (TPSA) is 375 Å². The molecule has 436 valence electrons. The van der Waals surface area contributed by atoms with Gasteiger partial charge in [-0.05, 0) is 105 Å². The molecule has 11 rings (SSSR count). The quantitative estimate of drug-likeness (QED) is 0.0528. The number of nitrogens with one attached hydrogen (secondary N) is 12. The van der Waals surface area contributed by atoms with Crippen LogP contribution in [-0.2, 0) is 11.8 Å². The summed E-state index contributed by atoms with van der Waals surface area (Å²) < 4.78 is 11.5. The predicted molar refractivity (Wildman–Crippen MR) is 314 cm³/mol. The number of carbonyl (C=O) groups excluding carboxylic acids is 8. The van der Waals surface area contributed by atoms with E-state index in [-0.39, 0.29) is 23.1 Å². The van der Waals surface area contributed by atoms with Gasteiger partial charge in [-0.3, -0.25) is 71.5 Å². The number of amides is 8. The van der Waals surface area contributed by atoms with Gasteiger partial charge in [0.25, 0.3) is 35.4 Å². The maximum atomic E-state index is 12.0. The van der Waals surface area contributed by atoms with Crippen molar-refractivity contribution in [1.29, 1.82) is 0 Å². The number of hydrogen-bond acceptors (Lipinski definition) is 15. The zero-order valence-electron chi connectivity index (χ0n) is 44.4. The molecule has 11 aromatic rings. The van der Waals surface area contributed by atoms with Crippen molar-refractivity contribution in [2.75, 3.05) is 0 Å². The number of ether oxygens (including phenoxy) is 1. The van der Waals surface area contributed by atoms with Crippen LogP contribution in [0.3, 0.4) is 0 Å². The van der Waals surface area contributed by atoms with Gasteiger partial charge in [-0.2, -0.15) is 0 Å². The van der Waals surface area contributed by atoms with E-state index in [1.54, 1.807) is 129 Å². The van der Waals surface area contributed by atoms with Gasteiger partial charge in [0.2, 0.25) is 0 Å². The maximum Gasteiger partial charge on any atom is 0.426 e. The molecule has 0 bridgehead atoms. The Morgan fingerprint density at radius 2 is 0.882 bits per heavy atom. The second kappa shape index (κ2) is 27.2. The van der Waals surface area contributed by atoms with Crippen LogP contribution in [-0.4, -0.2) is 97.5 Å². The molecular formula is C53H45Cl4N17O10S. The molecule has 0 aliphatic carbocycles. The normalized spacial score (nSPS) is 10.7. The number of furan rings is 1. The van der Waals surface area contributed by atoms with Crippen LogP contribution >= 0.6 is 57.7 Å². The molecule has 32 heteroatoms. The van der Waals surface area contributed by atoms with Crippen molar-refractivity contribution in [3.8, 4) is 0 Å². The zero-order valence-corrected chi connectivity index (χ0v) is 48.2. The van der Waals surface area contributed by atoms with E-state index < -0.39 is 47.1 Å². The number of thiophene rings is 1. The average Bonchev–Trinajstić information content (AvgIpc) is 3.85. The third-order valence-corrected chi connectivity index (χ3v) is 12.8. The van der Waals surface area contributed by atoms with E-state index in [1.165, 1.54) is 42.3 Å². The first-order chi connectivity index (χ1) is 40.5. The van der Waals surface area contributed by atoms with Crippen LogP contribution in [0.25, 0.3) is 43.6 Å². The van der Waals surface area contributed by atoms with Gasteiger partial charge >= 0.3 is 12.0 Å². The van der Waals surface area contributed by atoms with Crippen LogP contribution in [0.4, 0.5) is 4.79 Å². The first-order valence-electron chi connectivity index (χ1n) is 24.4. The molecular weight excluding hydrogens is 1210 g/mol. The first-order valence-corrected chi connectivity index (χ1v) is 26.8. The lowest BCUT2D eigenvalue weighted by atomic mass is 10.2. The number of aromatic nitrogens is 9. The van der Waals surface area contributed by atoms with Crippen LogP contribution < -0.4 is 43.4 Å². The predicted octanol–water partition coefficient (Wildman–Crippen LogP) is 8.25. The lowest BCUT2D eigenvalue weighted by Gasteiger charge is -2.19. The van der Waals surface area contributed by atoms with Crippen molar-refractivity contribution >= 4 is 149 Å². The molecule has 0 fully saturated rings. The molecule has 85 heavy (non-hydrogen) atoms. The molecule has 0 saturated heterocycles. The Labute approximate surface area is 502 Å². The van der Waals surface area contributed by atoms with Gasteiger partial charge in [-0.15, -0.1) is 11.3 Å². The van der Waals surface area contributed by atoms with Gasteiger partial charge in [-0.1, -0.05) is 52.5 Å². The van der Waals surface area contributed by atoms with Crippen molar-refractivity contribution < 1.29 is 47.5 Å². The SMILES string of the molecule is CC(C)(C)OC(=O)NNC(=O)c1cc2cc(Cl)ncc2[nH]1.Cn1cccc1C(=O)NNC(=O)c1cc2cc(Cl)ncc2[nH]1.O=C(NNC(=O)c1ccco1)c1cc2cc(Cl)ncc2[nH]1.O=C(NNC(=O)c1cccs1)c1cc2cc(Cl)ncc2[nH]1.